The van der Waals surface area contributed by atoms with E-state index in [-0.39, 0.29) is 42.2 Å². The standard InChI is InChI=1S/C18H30F3N5O.HI/c1-4-27-15(13-7-5-6-8-13)9-10-23-17(22-2)24-11-14-12-26(3)25-16(14)18(19,20)21;/h12-13,15H,4-11H2,1-3H3,(H2,22,23,24);1H. The SMILES string of the molecule is CCOC(CCNC(=NC)NCc1cn(C)nc1C(F)(F)F)C1CCCC1.I. The number of hydrogen-bond donors (Lipinski definition) is 2. The lowest BCUT2D eigenvalue weighted by Gasteiger charge is -2.24. The second-order valence-corrected chi connectivity index (χ2v) is 6.85. The predicted molar refractivity (Wildman–Crippen MR) is 114 cm³/mol. The largest absolute Gasteiger partial charge is 0.435 e. The quantitative estimate of drug-likeness (QED) is 0.314. The van der Waals surface area contributed by atoms with Crippen molar-refractivity contribution in [2.24, 2.45) is 18.0 Å². The van der Waals surface area contributed by atoms with Crippen molar-refractivity contribution in [1.29, 1.82) is 0 Å². The van der Waals surface area contributed by atoms with Gasteiger partial charge in [-0.05, 0) is 32.1 Å². The summed E-state index contributed by atoms with van der Waals surface area (Å²) in [6.07, 6.45) is 2.90. The lowest BCUT2D eigenvalue weighted by atomic mass is 9.98. The second-order valence-electron chi connectivity index (χ2n) is 6.85. The number of rotatable bonds is 8. The van der Waals surface area contributed by atoms with Gasteiger partial charge in [0.2, 0.25) is 0 Å². The van der Waals surface area contributed by atoms with E-state index in [1.165, 1.54) is 43.6 Å². The molecule has 0 bridgehead atoms. The number of aliphatic imine (C=N–C) groups is 1. The molecule has 162 valence electrons. The zero-order valence-electron chi connectivity index (χ0n) is 16.7. The molecule has 1 unspecified atom stereocenters. The summed E-state index contributed by atoms with van der Waals surface area (Å²) in [5.41, 5.74) is -0.781. The highest BCUT2D eigenvalue weighted by Gasteiger charge is 2.36. The van der Waals surface area contributed by atoms with Crippen LogP contribution >= 0.6 is 24.0 Å². The minimum Gasteiger partial charge on any atom is -0.378 e. The molecule has 6 nitrogen and oxygen atoms in total. The van der Waals surface area contributed by atoms with Crippen LogP contribution in [-0.4, -0.2) is 42.0 Å². The van der Waals surface area contributed by atoms with Crippen LogP contribution in [0.2, 0.25) is 0 Å². The third-order valence-corrected chi connectivity index (χ3v) is 4.87. The molecule has 1 heterocycles. The van der Waals surface area contributed by atoms with Gasteiger partial charge in [-0.1, -0.05) is 12.8 Å². The van der Waals surface area contributed by atoms with Crippen LogP contribution in [0, 0.1) is 5.92 Å². The molecule has 1 aliphatic rings. The van der Waals surface area contributed by atoms with Crippen LogP contribution in [0.15, 0.2) is 11.2 Å². The Kier molecular flexibility index (Phi) is 10.6. The van der Waals surface area contributed by atoms with Crippen LogP contribution < -0.4 is 10.6 Å². The van der Waals surface area contributed by atoms with E-state index in [1.807, 2.05) is 6.92 Å². The maximum atomic E-state index is 13.0. The summed E-state index contributed by atoms with van der Waals surface area (Å²) < 4.78 is 46.1. The van der Waals surface area contributed by atoms with Crippen LogP contribution in [0.25, 0.3) is 0 Å². The van der Waals surface area contributed by atoms with Crippen molar-refractivity contribution >= 4 is 29.9 Å². The normalized spacial score (nSPS) is 16.7. The zero-order valence-corrected chi connectivity index (χ0v) is 19.0. The Morgan fingerprint density at radius 2 is 2.04 bits per heavy atom. The van der Waals surface area contributed by atoms with Gasteiger partial charge in [-0.3, -0.25) is 9.67 Å². The molecule has 1 atom stereocenters. The van der Waals surface area contributed by atoms with Gasteiger partial charge in [-0.25, -0.2) is 0 Å². The zero-order chi connectivity index (χ0) is 19.9. The molecule has 0 saturated heterocycles. The molecule has 1 aromatic rings. The van der Waals surface area contributed by atoms with Crippen molar-refractivity contribution in [3.05, 3.63) is 17.5 Å². The first-order valence-electron chi connectivity index (χ1n) is 9.51. The van der Waals surface area contributed by atoms with Crippen LogP contribution in [0.5, 0.6) is 0 Å². The number of aromatic nitrogens is 2. The van der Waals surface area contributed by atoms with E-state index < -0.39 is 11.9 Å². The Bertz CT molecular complexity index is 615. The Labute approximate surface area is 181 Å². The van der Waals surface area contributed by atoms with Gasteiger partial charge >= 0.3 is 6.18 Å². The van der Waals surface area contributed by atoms with Gasteiger partial charge in [0.15, 0.2) is 11.7 Å². The average molecular weight is 517 g/mol. The Morgan fingerprint density at radius 1 is 1.36 bits per heavy atom. The fourth-order valence-corrected chi connectivity index (χ4v) is 3.64. The first-order chi connectivity index (χ1) is 12.8. The first kappa shape index (κ1) is 25.0. The molecule has 1 saturated carbocycles. The Balaban J connectivity index is 0.00000392. The smallest absolute Gasteiger partial charge is 0.378 e. The van der Waals surface area contributed by atoms with Crippen LogP contribution in [0.1, 0.15) is 50.3 Å². The fourth-order valence-electron chi connectivity index (χ4n) is 3.64. The molecule has 2 N–H and O–H groups in total. The number of halogens is 4. The summed E-state index contributed by atoms with van der Waals surface area (Å²) in [4.78, 5) is 4.09. The summed E-state index contributed by atoms with van der Waals surface area (Å²) in [6.45, 7) is 3.34. The summed E-state index contributed by atoms with van der Waals surface area (Å²) in [5, 5.41) is 9.61. The molecule has 1 aromatic heterocycles. The topological polar surface area (TPSA) is 63.5 Å². The number of alkyl halides is 3. The molecule has 0 amide bonds. The van der Waals surface area contributed by atoms with Gasteiger partial charge in [0, 0.05) is 45.6 Å². The Hall–Kier alpha value is -1.04. The average Bonchev–Trinajstić information content (AvgIpc) is 3.26. The maximum Gasteiger partial charge on any atom is 0.435 e. The number of nitrogens with one attached hydrogen (secondary N) is 2. The highest BCUT2D eigenvalue weighted by atomic mass is 127. The maximum absolute atomic E-state index is 13.0. The number of guanidine groups is 1. The van der Waals surface area contributed by atoms with Crippen molar-refractivity contribution in [2.45, 2.75) is 57.9 Å². The number of aryl methyl sites for hydroxylation is 1. The number of hydrogen-bond acceptors (Lipinski definition) is 3. The molecule has 0 spiro atoms. The highest BCUT2D eigenvalue weighted by Crippen LogP contribution is 2.31. The van der Waals surface area contributed by atoms with E-state index in [4.69, 9.17) is 4.74 Å². The predicted octanol–water partition coefficient (Wildman–Crippen LogP) is 3.71. The molecular formula is C18H31F3IN5O. The third-order valence-electron chi connectivity index (χ3n) is 4.87. The molecule has 28 heavy (non-hydrogen) atoms. The van der Waals surface area contributed by atoms with E-state index in [9.17, 15) is 13.2 Å². The summed E-state index contributed by atoms with van der Waals surface area (Å²) in [5.74, 6) is 1.07. The van der Waals surface area contributed by atoms with Crippen molar-refractivity contribution < 1.29 is 17.9 Å². The fraction of sp³-hybridized carbons (Fsp3) is 0.778. The first-order valence-corrected chi connectivity index (χ1v) is 9.51. The van der Waals surface area contributed by atoms with Gasteiger partial charge in [0.25, 0.3) is 0 Å². The van der Waals surface area contributed by atoms with Crippen molar-refractivity contribution in [1.82, 2.24) is 20.4 Å². The van der Waals surface area contributed by atoms with E-state index in [1.54, 1.807) is 7.05 Å². The van der Waals surface area contributed by atoms with Gasteiger partial charge in [-0.15, -0.1) is 24.0 Å². The minimum atomic E-state index is -4.47. The molecule has 1 fully saturated rings. The van der Waals surface area contributed by atoms with Crippen LogP contribution in [0.4, 0.5) is 13.2 Å². The van der Waals surface area contributed by atoms with E-state index in [2.05, 4.69) is 20.7 Å². The second kappa shape index (κ2) is 11.8. The van der Waals surface area contributed by atoms with Crippen LogP contribution in [0.3, 0.4) is 0 Å². The van der Waals surface area contributed by atoms with Gasteiger partial charge in [0.1, 0.15) is 0 Å². The van der Waals surface area contributed by atoms with E-state index in [0.29, 0.717) is 25.0 Å². The molecule has 10 heteroatoms. The minimum absolute atomic E-state index is 0. The van der Waals surface area contributed by atoms with Crippen molar-refractivity contribution in [3.8, 4) is 0 Å². The lowest BCUT2D eigenvalue weighted by Crippen LogP contribution is -2.39. The molecular weight excluding hydrogens is 486 g/mol. The van der Waals surface area contributed by atoms with Crippen molar-refractivity contribution in [3.63, 3.8) is 0 Å². The highest BCUT2D eigenvalue weighted by molar-refractivity contribution is 14.0. The number of ether oxygens (including phenoxy) is 1. The third kappa shape index (κ3) is 7.41. The van der Waals surface area contributed by atoms with Gasteiger partial charge in [-0.2, -0.15) is 18.3 Å². The molecule has 0 aliphatic heterocycles. The molecule has 1 aliphatic carbocycles. The lowest BCUT2D eigenvalue weighted by molar-refractivity contribution is -0.142. The monoisotopic (exact) mass is 517 g/mol. The van der Waals surface area contributed by atoms with E-state index >= 15 is 0 Å². The van der Waals surface area contributed by atoms with E-state index in [0.717, 1.165) is 6.42 Å². The molecule has 0 radical (unpaired) electrons. The van der Waals surface area contributed by atoms with Gasteiger partial charge in [0.05, 0.1) is 6.10 Å². The van der Waals surface area contributed by atoms with Crippen LogP contribution in [-0.2, 0) is 24.5 Å². The molecule has 0 aromatic carbocycles. The summed E-state index contributed by atoms with van der Waals surface area (Å²) >= 11 is 0. The Morgan fingerprint density at radius 3 is 2.61 bits per heavy atom. The van der Waals surface area contributed by atoms with Crippen molar-refractivity contribution in [2.75, 3.05) is 20.2 Å². The number of nitrogens with zero attached hydrogens (tertiary/aromatic N) is 3. The summed E-state index contributed by atoms with van der Waals surface area (Å²) in [6, 6.07) is 0. The summed E-state index contributed by atoms with van der Waals surface area (Å²) in [7, 11) is 3.07. The molecule has 2 rings (SSSR count). The van der Waals surface area contributed by atoms with Gasteiger partial charge < -0.3 is 15.4 Å².